The SMILES string of the molecule is COc1ccc(Cl)c(NC(=O)c2cccc(C)c2F)c1. The highest BCUT2D eigenvalue weighted by Crippen LogP contribution is 2.27. The zero-order valence-corrected chi connectivity index (χ0v) is 11.8. The Bertz CT molecular complexity index is 658. The fourth-order valence-electron chi connectivity index (χ4n) is 1.74. The normalized spacial score (nSPS) is 10.2. The molecule has 3 nitrogen and oxygen atoms in total. The van der Waals surface area contributed by atoms with Gasteiger partial charge >= 0.3 is 0 Å². The monoisotopic (exact) mass is 293 g/mol. The van der Waals surface area contributed by atoms with Gasteiger partial charge in [0.2, 0.25) is 0 Å². The molecule has 0 fully saturated rings. The van der Waals surface area contributed by atoms with E-state index < -0.39 is 11.7 Å². The number of carbonyl (C=O) groups is 1. The molecule has 0 atom stereocenters. The summed E-state index contributed by atoms with van der Waals surface area (Å²) in [5.74, 6) is -0.542. The van der Waals surface area contributed by atoms with E-state index in [4.69, 9.17) is 16.3 Å². The Labute approximate surface area is 121 Å². The number of hydrogen-bond donors (Lipinski definition) is 1. The van der Waals surface area contributed by atoms with E-state index in [-0.39, 0.29) is 5.56 Å². The molecule has 2 aromatic rings. The van der Waals surface area contributed by atoms with Crippen molar-refractivity contribution in [2.24, 2.45) is 0 Å². The Balaban J connectivity index is 2.30. The molecule has 0 saturated carbocycles. The highest BCUT2D eigenvalue weighted by molar-refractivity contribution is 6.34. The topological polar surface area (TPSA) is 38.3 Å². The molecule has 1 amide bonds. The zero-order valence-electron chi connectivity index (χ0n) is 11.0. The zero-order chi connectivity index (χ0) is 14.7. The van der Waals surface area contributed by atoms with E-state index in [9.17, 15) is 9.18 Å². The van der Waals surface area contributed by atoms with E-state index in [2.05, 4.69) is 5.32 Å². The lowest BCUT2D eigenvalue weighted by Crippen LogP contribution is -2.14. The summed E-state index contributed by atoms with van der Waals surface area (Å²) in [6, 6.07) is 9.50. The van der Waals surface area contributed by atoms with Crippen LogP contribution in [0.2, 0.25) is 5.02 Å². The van der Waals surface area contributed by atoms with Crippen molar-refractivity contribution in [1.82, 2.24) is 0 Å². The van der Waals surface area contributed by atoms with Crippen LogP contribution < -0.4 is 10.1 Å². The van der Waals surface area contributed by atoms with Crippen LogP contribution in [0.25, 0.3) is 0 Å². The molecule has 0 aliphatic carbocycles. The van der Waals surface area contributed by atoms with Crippen molar-refractivity contribution >= 4 is 23.2 Å². The van der Waals surface area contributed by atoms with Gasteiger partial charge in [0.25, 0.3) is 5.91 Å². The van der Waals surface area contributed by atoms with Gasteiger partial charge in [-0.05, 0) is 30.7 Å². The van der Waals surface area contributed by atoms with Crippen LogP contribution in [-0.4, -0.2) is 13.0 Å². The molecule has 0 bridgehead atoms. The summed E-state index contributed by atoms with van der Waals surface area (Å²) in [5, 5.41) is 2.93. The maximum absolute atomic E-state index is 13.9. The van der Waals surface area contributed by atoms with E-state index in [1.54, 1.807) is 37.3 Å². The molecule has 0 aromatic heterocycles. The lowest BCUT2D eigenvalue weighted by Gasteiger charge is -2.10. The van der Waals surface area contributed by atoms with Crippen LogP contribution in [0, 0.1) is 12.7 Å². The number of hydrogen-bond acceptors (Lipinski definition) is 2. The van der Waals surface area contributed by atoms with Crippen LogP contribution in [0.1, 0.15) is 15.9 Å². The van der Waals surface area contributed by atoms with Crippen molar-refractivity contribution < 1.29 is 13.9 Å². The second-order valence-electron chi connectivity index (χ2n) is 4.24. The molecular weight excluding hydrogens is 281 g/mol. The Morgan fingerprint density at radius 3 is 2.75 bits per heavy atom. The van der Waals surface area contributed by atoms with E-state index in [1.165, 1.54) is 13.2 Å². The number of halogens is 2. The third kappa shape index (κ3) is 2.91. The van der Waals surface area contributed by atoms with E-state index in [0.29, 0.717) is 22.0 Å². The van der Waals surface area contributed by atoms with Gasteiger partial charge in [-0.1, -0.05) is 23.7 Å². The summed E-state index contributed by atoms with van der Waals surface area (Å²) in [5.41, 5.74) is 0.759. The summed E-state index contributed by atoms with van der Waals surface area (Å²) >= 11 is 5.99. The molecule has 2 aromatic carbocycles. The van der Waals surface area contributed by atoms with Crippen LogP contribution in [0.4, 0.5) is 10.1 Å². The number of rotatable bonds is 3. The molecule has 2 rings (SSSR count). The Kier molecular flexibility index (Phi) is 4.25. The number of anilines is 1. The first kappa shape index (κ1) is 14.3. The summed E-state index contributed by atoms with van der Waals surface area (Å²) in [6.07, 6.45) is 0. The Hall–Kier alpha value is -2.07. The molecule has 0 unspecified atom stereocenters. The predicted octanol–water partition coefficient (Wildman–Crippen LogP) is 4.05. The Morgan fingerprint density at radius 2 is 2.05 bits per heavy atom. The maximum Gasteiger partial charge on any atom is 0.258 e. The number of amides is 1. The quantitative estimate of drug-likeness (QED) is 0.927. The average molecular weight is 294 g/mol. The minimum atomic E-state index is -0.554. The van der Waals surface area contributed by atoms with Crippen molar-refractivity contribution in [1.29, 1.82) is 0 Å². The first-order valence-electron chi connectivity index (χ1n) is 5.93. The number of ether oxygens (including phenoxy) is 1. The third-order valence-electron chi connectivity index (χ3n) is 2.86. The molecule has 5 heteroatoms. The predicted molar refractivity (Wildman–Crippen MR) is 77.1 cm³/mol. The molecule has 0 radical (unpaired) electrons. The van der Waals surface area contributed by atoms with Crippen molar-refractivity contribution in [3.63, 3.8) is 0 Å². The standard InChI is InChI=1S/C15H13ClFNO2/c1-9-4-3-5-11(14(9)17)15(19)18-13-8-10(20-2)6-7-12(13)16/h3-8H,1-2H3,(H,18,19). The number of carbonyl (C=O) groups excluding carboxylic acids is 1. The lowest BCUT2D eigenvalue weighted by atomic mass is 10.1. The third-order valence-corrected chi connectivity index (χ3v) is 3.19. The average Bonchev–Trinajstić information content (AvgIpc) is 2.44. The van der Waals surface area contributed by atoms with E-state index >= 15 is 0 Å². The molecule has 0 heterocycles. The van der Waals surface area contributed by atoms with Crippen molar-refractivity contribution in [2.45, 2.75) is 6.92 Å². The first-order chi connectivity index (χ1) is 9.52. The minimum absolute atomic E-state index is 0.0242. The van der Waals surface area contributed by atoms with Crippen LogP contribution in [0.5, 0.6) is 5.75 Å². The van der Waals surface area contributed by atoms with Crippen LogP contribution in [0.3, 0.4) is 0 Å². The second kappa shape index (κ2) is 5.92. The molecular formula is C15H13ClFNO2. The van der Waals surface area contributed by atoms with E-state index in [1.807, 2.05) is 0 Å². The number of methoxy groups -OCH3 is 1. The van der Waals surface area contributed by atoms with Gasteiger partial charge in [-0.15, -0.1) is 0 Å². The van der Waals surface area contributed by atoms with Gasteiger partial charge in [-0.3, -0.25) is 4.79 Å². The second-order valence-corrected chi connectivity index (χ2v) is 4.64. The van der Waals surface area contributed by atoms with Crippen LogP contribution >= 0.6 is 11.6 Å². The number of aryl methyl sites for hydroxylation is 1. The summed E-state index contributed by atoms with van der Waals surface area (Å²) in [6.45, 7) is 1.60. The highest BCUT2D eigenvalue weighted by Gasteiger charge is 2.14. The molecule has 0 aliphatic rings. The van der Waals surface area contributed by atoms with Gasteiger partial charge in [0.15, 0.2) is 0 Å². The minimum Gasteiger partial charge on any atom is -0.497 e. The molecule has 104 valence electrons. The molecule has 0 saturated heterocycles. The van der Waals surface area contributed by atoms with Gasteiger partial charge in [0.1, 0.15) is 11.6 Å². The highest BCUT2D eigenvalue weighted by atomic mass is 35.5. The van der Waals surface area contributed by atoms with Gasteiger partial charge in [-0.25, -0.2) is 4.39 Å². The summed E-state index contributed by atoms with van der Waals surface area (Å²) in [4.78, 5) is 12.1. The molecule has 0 aliphatic heterocycles. The number of benzene rings is 2. The van der Waals surface area contributed by atoms with Crippen LogP contribution in [-0.2, 0) is 0 Å². The summed E-state index contributed by atoms with van der Waals surface area (Å²) in [7, 11) is 1.51. The largest absolute Gasteiger partial charge is 0.497 e. The van der Waals surface area contributed by atoms with E-state index in [0.717, 1.165) is 0 Å². The maximum atomic E-state index is 13.9. The lowest BCUT2D eigenvalue weighted by molar-refractivity contribution is 0.102. The van der Waals surface area contributed by atoms with Crippen molar-refractivity contribution in [2.75, 3.05) is 12.4 Å². The van der Waals surface area contributed by atoms with Gasteiger partial charge in [0.05, 0.1) is 23.4 Å². The summed E-state index contributed by atoms with van der Waals surface area (Å²) < 4.78 is 18.9. The first-order valence-corrected chi connectivity index (χ1v) is 6.30. The van der Waals surface area contributed by atoms with Gasteiger partial charge in [0, 0.05) is 6.07 Å². The molecule has 0 spiro atoms. The van der Waals surface area contributed by atoms with Gasteiger partial charge in [-0.2, -0.15) is 0 Å². The smallest absolute Gasteiger partial charge is 0.258 e. The van der Waals surface area contributed by atoms with Crippen molar-refractivity contribution in [3.8, 4) is 5.75 Å². The molecule has 20 heavy (non-hydrogen) atoms. The fraction of sp³-hybridized carbons (Fsp3) is 0.133. The Morgan fingerprint density at radius 1 is 1.30 bits per heavy atom. The number of nitrogens with one attached hydrogen (secondary N) is 1. The van der Waals surface area contributed by atoms with Crippen LogP contribution in [0.15, 0.2) is 36.4 Å². The molecule has 1 N–H and O–H groups in total. The van der Waals surface area contributed by atoms with Crippen molar-refractivity contribution in [3.05, 3.63) is 58.4 Å². The van der Waals surface area contributed by atoms with Gasteiger partial charge < -0.3 is 10.1 Å². The fourth-order valence-corrected chi connectivity index (χ4v) is 1.90.